The van der Waals surface area contributed by atoms with Crippen LogP contribution in [0.1, 0.15) is 39.7 Å². The van der Waals surface area contributed by atoms with Crippen LogP contribution in [0.4, 0.5) is 0 Å². The number of amides is 1. The van der Waals surface area contributed by atoms with E-state index in [9.17, 15) is 9.59 Å². The molecule has 6 nitrogen and oxygen atoms in total. The minimum atomic E-state index is -0.567. The molecule has 1 aliphatic rings. The highest BCUT2D eigenvalue weighted by atomic mass is 32.1. The minimum absolute atomic E-state index is 0.196. The molecule has 1 amide bonds. The summed E-state index contributed by atoms with van der Waals surface area (Å²) in [6, 6.07) is 16.2. The van der Waals surface area contributed by atoms with Crippen LogP contribution in [-0.4, -0.2) is 41.5 Å². The zero-order valence-corrected chi connectivity index (χ0v) is 16.5. The molecule has 0 spiro atoms. The summed E-state index contributed by atoms with van der Waals surface area (Å²) in [5.74, 6) is -0.556. The Hall–Kier alpha value is -3.24. The Labute approximate surface area is 172 Å². The maximum atomic E-state index is 12.6. The molecule has 1 aliphatic heterocycles. The van der Waals surface area contributed by atoms with Gasteiger partial charge in [-0.3, -0.25) is 4.79 Å². The van der Waals surface area contributed by atoms with Gasteiger partial charge in [-0.05, 0) is 49.2 Å². The average molecular weight is 405 g/mol. The highest BCUT2D eigenvalue weighted by molar-refractivity contribution is 7.18. The van der Waals surface area contributed by atoms with Gasteiger partial charge in [0.05, 0.1) is 32.4 Å². The van der Waals surface area contributed by atoms with Crippen LogP contribution >= 0.6 is 11.3 Å². The van der Waals surface area contributed by atoms with Crippen LogP contribution in [0, 0.1) is 11.3 Å². The van der Waals surface area contributed by atoms with Crippen molar-refractivity contribution in [2.24, 2.45) is 0 Å². The van der Waals surface area contributed by atoms with E-state index in [4.69, 9.17) is 15.0 Å². The van der Waals surface area contributed by atoms with Crippen LogP contribution in [0.15, 0.2) is 48.5 Å². The third-order valence-corrected chi connectivity index (χ3v) is 6.21. The number of hydrogen-bond acceptors (Lipinski definition) is 6. The molecule has 0 bridgehead atoms. The molecule has 0 unspecified atom stereocenters. The van der Waals surface area contributed by atoms with E-state index < -0.39 is 5.97 Å². The van der Waals surface area contributed by atoms with Gasteiger partial charge in [0.1, 0.15) is 0 Å². The summed E-state index contributed by atoms with van der Waals surface area (Å²) in [5.41, 5.74) is 1.78. The van der Waals surface area contributed by atoms with E-state index in [2.05, 4.69) is 6.07 Å². The fourth-order valence-electron chi connectivity index (χ4n) is 3.45. The van der Waals surface area contributed by atoms with Crippen LogP contribution in [0.5, 0.6) is 0 Å². The van der Waals surface area contributed by atoms with E-state index in [0.29, 0.717) is 24.2 Å². The number of carbonyl (C=O) groups is 2. The SMILES string of the molecule is N#Cc1ccc(C(=O)OCC(=O)N2CCC[C@H](c3nc4ccccc4s3)C2)cc1. The summed E-state index contributed by atoms with van der Waals surface area (Å²) in [5, 5.41) is 9.87. The number of likely N-dealkylation sites (tertiary alicyclic amines) is 1. The molecule has 1 atom stereocenters. The smallest absolute Gasteiger partial charge is 0.338 e. The normalized spacial score (nSPS) is 16.4. The fraction of sp³-hybridized carbons (Fsp3) is 0.273. The molecular weight excluding hydrogens is 386 g/mol. The van der Waals surface area contributed by atoms with Crippen LogP contribution < -0.4 is 0 Å². The zero-order chi connectivity index (χ0) is 20.2. The summed E-state index contributed by atoms with van der Waals surface area (Å²) in [4.78, 5) is 31.2. The second-order valence-electron chi connectivity index (χ2n) is 6.96. The highest BCUT2D eigenvalue weighted by Gasteiger charge is 2.27. The van der Waals surface area contributed by atoms with Gasteiger partial charge >= 0.3 is 5.97 Å². The van der Waals surface area contributed by atoms with Crippen molar-refractivity contribution in [1.29, 1.82) is 5.26 Å². The average Bonchev–Trinajstić information content (AvgIpc) is 3.22. The Morgan fingerprint density at radius 1 is 1.21 bits per heavy atom. The number of ether oxygens (including phenoxy) is 1. The molecule has 3 aromatic rings. The minimum Gasteiger partial charge on any atom is -0.452 e. The monoisotopic (exact) mass is 405 g/mol. The van der Waals surface area contributed by atoms with Crippen molar-refractivity contribution in [2.75, 3.05) is 19.7 Å². The lowest BCUT2D eigenvalue weighted by Gasteiger charge is -2.31. The maximum Gasteiger partial charge on any atom is 0.338 e. The van der Waals surface area contributed by atoms with Crippen molar-refractivity contribution >= 4 is 33.4 Å². The number of para-hydroxylation sites is 1. The van der Waals surface area contributed by atoms with Gasteiger partial charge in [-0.2, -0.15) is 5.26 Å². The fourth-order valence-corrected chi connectivity index (χ4v) is 4.55. The number of nitriles is 1. The number of esters is 1. The molecule has 2 aromatic carbocycles. The molecule has 1 fully saturated rings. The van der Waals surface area contributed by atoms with Gasteiger partial charge in [-0.1, -0.05) is 12.1 Å². The van der Waals surface area contributed by atoms with Crippen LogP contribution in [0.2, 0.25) is 0 Å². The quantitative estimate of drug-likeness (QED) is 0.618. The van der Waals surface area contributed by atoms with Crippen molar-refractivity contribution in [2.45, 2.75) is 18.8 Å². The lowest BCUT2D eigenvalue weighted by atomic mass is 9.99. The van der Waals surface area contributed by atoms with Gasteiger partial charge < -0.3 is 9.64 Å². The summed E-state index contributed by atoms with van der Waals surface area (Å²) in [6.07, 6.45) is 1.89. The zero-order valence-electron chi connectivity index (χ0n) is 15.7. The van der Waals surface area contributed by atoms with Crippen molar-refractivity contribution in [3.63, 3.8) is 0 Å². The van der Waals surface area contributed by atoms with Gasteiger partial charge in [-0.15, -0.1) is 11.3 Å². The van der Waals surface area contributed by atoms with Crippen molar-refractivity contribution in [3.8, 4) is 6.07 Å². The molecule has 1 aromatic heterocycles. The Morgan fingerprint density at radius 2 is 2.00 bits per heavy atom. The van der Waals surface area contributed by atoms with Crippen molar-refractivity contribution in [3.05, 3.63) is 64.7 Å². The molecular formula is C22H19N3O3S. The first-order valence-corrected chi connectivity index (χ1v) is 10.3. The van der Waals surface area contributed by atoms with E-state index >= 15 is 0 Å². The number of rotatable bonds is 4. The maximum absolute atomic E-state index is 12.6. The Balaban J connectivity index is 1.35. The van der Waals surface area contributed by atoms with Crippen LogP contribution in [0.25, 0.3) is 10.2 Å². The third-order valence-electron chi connectivity index (χ3n) is 5.01. The lowest BCUT2D eigenvalue weighted by molar-refractivity contribution is -0.135. The molecule has 0 saturated carbocycles. The molecule has 0 aliphatic carbocycles. The third kappa shape index (κ3) is 4.28. The molecule has 2 heterocycles. The topological polar surface area (TPSA) is 83.3 Å². The summed E-state index contributed by atoms with van der Waals surface area (Å²) >= 11 is 1.68. The second-order valence-corrected chi connectivity index (χ2v) is 8.03. The molecule has 0 radical (unpaired) electrons. The largest absolute Gasteiger partial charge is 0.452 e. The number of piperidine rings is 1. The van der Waals surface area contributed by atoms with Gasteiger partial charge in [0.2, 0.25) is 0 Å². The van der Waals surface area contributed by atoms with E-state index in [-0.39, 0.29) is 18.4 Å². The first kappa shape index (κ1) is 19.1. The molecule has 7 heteroatoms. The van der Waals surface area contributed by atoms with Crippen LogP contribution in [-0.2, 0) is 9.53 Å². The van der Waals surface area contributed by atoms with E-state index in [1.165, 1.54) is 12.1 Å². The number of hydrogen-bond donors (Lipinski definition) is 0. The Bertz CT molecular complexity index is 1050. The number of carbonyl (C=O) groups excluding carboxylic acids is 2. The predicted octanol–water partition coefficient (Wildman–Crippen LogP) is 3.73. The van der Waals surface area contributed by atoms with Crippen LogP contribution in [0.3, 0.4) is 0 Å². The molecule has 29 heavy (non-hydrogen) atoms. The molecule has 146 valence electrons. The Kier molecular flexibility index (Phi) is 5.54. The van der Waals surface area contributed by atoms with Gasteiger partial charge in [-0.25, -0.2) is 9.78 Å². The summed E-state index contributed by atoms with van der Waals surface area (Å²) in [7, 11) is 0. The number of thiazole rings is 1. The molecule has 1 saturated heterocycles. The van der Waals surface area contributed by atoms with E-state index in [1.54, 1.807) is 28.4 Å². The predicted molar refractivity (Wildman–Crippen MR) is 110 cm³/mol. The van der Waals surface area contributed by atoms with E-state index in [1.807, 2.05) is 24.3 Å². The van der Waals surface area contributed by atoms with Crippen molar-refractivity contribution < 1.29 is 14.3 Å². The first-order valence-electron chi connectivity index (χ1n) is 9.44. The van der Waals surface area contributed by atoms with E-state index in [0.717, 1.165) is 28.1 Å². The molecule has 0 N–H and O–H groups in total. The van der Waals surface area contributed by atoms with Gasteiger partial charge in [0, 0.05) is 19.0 Å². The highest BCUT2D eigenvalue weighted by Crippen LogP contribution is 2.32. The van der Waals surface area contributed by atoms with Gasteiger partial charge in [0.15, 0.2) is 6.61 Å². The number of fused-ring (bicyclic) bond motifs is 1. The Morgan fingerprint density at radius 3 is 2.76 bits per heavy atom. The lowest BCUT2D eigenvalue weighted by Crippen LogP contribution is -2.41. The molecule has 4 rings (SSSR count). The standard InChI is InChI=1S/C22H19N3O3S/c23-12-15-7-9-16(10-8-15)22(27)28-14-20(26)25-11-3-4-17(13-25)21-24-18-5-1-2-6-19(18)29-21/h1-2,5-10,17H,3-4,11,13-14H2/t17-/m0/s1. The summed E-state index contributed by atoms with van der Waals surface area (Å²) in [6.45, 7) is 0.965. The number of benzene rings is 2. The second kappa shape index (κ2) is 8.41. The number of nitrogens with zero attached hydrogens (tertiary/aromatic N) is 3. The van der Waals surface area contributed by atoms with Gasteiger partial charge in [0.25, 0.3) is 5.91 Å². The number of aromatic nitrogens is 1. The summed E-state index contributed by atoms with van der Waals surface area (Å²) < 4.78 is 6.33. The first-order chi connectivity index (χ1) is 14.1. The van der Waals surface area contributed by atoms with Crippen molar-refractivity contribution in [1.82, 2.24) is 9.88 Å².